The number of carbonyl (C=O) groups excluding carboxylic acids is 1. The Bertz CT molecular complexity index is 379. The van der Waals surface area contributed by atoms with Crippen molar-refractivity contribution in [3.8, 4) is 0 Å². The SMILES string of the molecule is CCCc1nnsc1C(=O)NC1CCNCC1.Cl. The number of aromatic nitrogens is 2. The van der Waals surface area contributed by atoms with E-state index in [0.717, 1.165) is 44.5 Å². The molecule has 0 unspecified atom stereocenters. The summed E-state index contributed by atoms with van der Waals surface area (Å²) >= 11 is 1.20. The highest BCUT2D eigenvalue weighted by Gasteiger charge is 2.20. The fourth-order valence-corrected chi connectivity index (χ4v) is 2.61. The van der Waals surface area contributed by atoms with Crippen LogP contribution in [0, 0.1) is 0 Å². The molecule has 2 rings (SSSR count). The molecule has 2 heterocycles. The fraction of sp³-hybridized carbons (Fsp3) is 0.727. The van der Waals surface area contributed by atoms with Gasteiger partial charge in [-0.15, -0.1) is 17.5 Å². The Hall–Kier alpha value is -0.720. The third-order valence-electron chi connectivity index (χ3n) is 2.92. The minimum absolute atomic E-state index is 0. The van der Waals surface area contributed by atoms with Gasteiger partial charge in [0.2, 0.25) is 0 Å². The average Bonchev–Trinajstić information content (AvgIpc) is 2.79. The lowest BCUT2D eigenvalue weighted by atomic mass is 10.1. The average molecular weight is 291 g/mol. The van der Waals surface area contributed by atoms with Gasteiger partial charge >= 0.3 is 0 Å². The van der Waals surface area contributed by atoms with E-state index in [9.17, 15) is 4.79 Å². The van der Waals surface area contributed by atoms with Crippen LogP contribution in [0.25, 0.3) is 0 Å². The first-order valence-corrected chi connectivity index (χ1v) is 6.91. The molecule has 1 saturated heterocycles. The van der Waals surface area contributed by atoms with Crippen molar-refractivity contribution in [2.24, 2.45) is 0 Å². The van der Waals surface area contributed by atoms with Gasteiger partial charge in [-0.25, -0.2) is 0 Å². The molecule has 0 saturated carbocycles. The molecule has 2 N–H and O–H groups in total. The maximum absolute atomic E-state index is 12.1. The number of amides is 1. The van der Waals surface area contributed by atoms with Crippen molar-refractivity contribution >= 4 is 29.8 Å². The van der Waals surface area contributed by atoms with Crippen LogP contribution in [0.2, 0.25) is 0 Å². The number of nitrogens with zero attached hydrogens (tertiary/aromatic N) is 2. The van der Waals surface area contributed by atoms with Crippen LogP contribution in [0.15, 0.2) is 0 Å². The Labute approximate surface area is 117 Å². The molecule has 0 atom stereocenters. The third kappa shape index (κ3) is 3.90. The van der Waals surface area contributed by atoms with Gasteiger partial charge in [-0.1, -0.05) is 17.8 Å². The molecule has 1 aromatic rings. The van der Waals surface area contributed by atoms with Gasteiger partial charge in [-0.2, -0.15) is 0 Å². The number of hydrogen-bond acceptors (Lipinski definition) is 5. The lowest BCUT2D eigenvalue weighted by Crippen LogP contribution is -2.42. The predicted molar refractivity (Wildman–Crippen MR) is 74.5 cm³/mol. The Kier molecular flexibility index (Phi) is 6.52. The molecule has 5 nitrogen and oxygen atoms in total. The van der Waals surface area contributed by atoms with E-state index >= 15 is 0 Å². The quantitative estimate of drug-likeness (QED) is 0.879. The van der Waals surface area contributed by atoms with Gasteiger partial charge in [0, 0.05) is 6.04 Å². The van der Waals surface area contributed by atoms with Crippen molar-refractivity contribution in [3.05, 3.63) is 10.6 Å². The van der Waals surface area contributed by atoms with Gasteiger partial charge < -0.3 is 10.6 Å². The monoisotopic (exact) mass is 290 g/mol. The Balaban J connectivity index is 0.00000162. The van der Waals surface area contributed by atoms with Crippen LogP contribution in [-0.2, 0) is 6.42 Å². The van der Waals surface area contributed by atoms with Crippen molar-refractivity contribution in [3.63, 3.8) is 0 Å². The molecule has 7 heteroatoms. The maximum atomic E-state index is 12.1. The van der Waals surface area contributed by atoms with Gasteiger partial charge in [0.25, 0.3) is 5.91 Å². The Morgan fingerprint density at radius 3 is 2.89 bits per heavy atom. The third-order valence-corrected chi connectivity index (χ3v) is 3.69. The summed E-state index contributed by atoms with van der Waals surface area (Å²) in [6.45, 7) is 4.04. The minimum Gasteiger partial charge on any atom is -0.348 e. The maximum Gasteiger partial charge on any atom is 0.265 e. The van der Waals surface area contributed by atoms with E-state index in [1.54, 1.807) is 0 Å². The second kappa shape index (κ2) is 7.66. The molecule has 0 aromatic carbocycles. The van der Waals surface area contributed by atoms with Crippen molar-refractivity contribution in [1.82, 2.24) is 20.2 Å². The molecule has 0 radical (unpaired) electrons. The lowest BCUT2D eigenvalue weighted by molar-refractivity contribution is 0.0932. The molecule has 1 amide bonds. The van der Waals surface area contributed by atoms with Gasteiger partial charge in [0.1, 0.15) is 4.88 Å². The number of hydrogen-bond donors (Lipinski definition) is 2. The number of nitrogens with one attached hydrogen (secondary N) is 2. The van der Waals surface area contributed by atoms with Gasteiger partial charge in [0.05, 0.1) is 5.69 Å². The van der Waals surface area contributed by atoms with Crippen molar-refractivity contribution in [1.29, 1.82) is 0 Å². The molecule has 1 aromatic heterocycles. The van der Waals surface area contributed by atoms with E-state index < -0.39 is 0 Å². The molecule has 1 aliphatic heterocycles. The van der Waals surface area contributed by atoms with E-state index in [4.69, 9.17) is 0 Å². The molecule has 0 bridgehead atoms. The molecule has 0 aliphatic carbocycles. The topological polar surface area (TPSA) is 66.9 Å². The first-order chi connectivity index (χ1) is 8.31. The number of rotatable bonds is 4. The summed E-state index contributed by atoms with van der Waals surface area (Å²) in [5, 5.41) is 10.4. The van der Waals surface area contributed by atoms with Gasteiger partial charge in [-0.05, 0) is 43.9 Å². The zero-order valence-corrected chi connectivity index (χ0v) is 12.1. The number of piperidine rings is 1. The standard InChI is InChI=1S/C11H18N4OS.ClH/c1-2-3-9-10(17-15-14-9)11(16)13-8-4-6-12-7-5-8;/h8,12H,2-7H2,1H3,(H,13,16);1H. The van der Waals surface area contributed by atoms with Crippen LogP contribution < -0.4 is 10.6 Å². The summed E-state index contributed by atoms with van der Waals surface area (Å²) in [6, 6.07) is 0.292. The van der Waals surface area contributed by atoms with Crippen LogP contribution in [0.1, 0.15) is 41.6 Å². The van der Waals surface area contributed by atoms with Crippen molar-refractivity contribution < 1.29 is 4.79 Å². The van der Waals surface area contributed by atoms with E-state index in [1.165, 1.54) is 11.5 Å². The first-order valence-electron chi connectivity index (χ1n) is 6.14. The highest BCUT2D eigenvalue weighted by Crippen LogP contribution is 2.13. The summed E-state index contributed by atoms with van der Waals surface area (Å²) in [6.07, 6.45) is 3.81. The molecule has 1 aliphatic rings. The zero-order valence-electron chi connectivity index (χ0n) is 10.4. The van der Waals surface area contributed by atoms with Crippen LogP contribution in [0.3, 0.4) is 0 Å². The predicted octanol–water partition coefficient (Wildman–Crippen LogP) is 1.39. The normalized spacial score (nSPS) is 16.1. The highest BCUT2D eigenvalue weighted by molar-refractivity contribution is 7.08. The second-order valence-corrected chi connectivity index (χ2v) is 5.05. The number of halogens is 1. The summed E-state index contributed by atoms with van der Waals surface area (Å²) in [7, 11) is 0. The summed E-state index contributed by atoms with van der Waals surface area (Å²) in [5.41, 5.74) is 0.837. The fourth-order valence-electron chi connectivity index (χ4n) is 2.00. The zero-order chi connectivity index (χ0) is 12.1. The number of aryl methyl sites for hydroxylation is 1. The van der Waals surface area contributed by atoms with Crippen LogP contribution in [0.5, 0.6) is 0 Å². The van der Waals surface area contributed by atoms with Crippen molar-refractivity contribution in [2.75, 3.05) is 13.1 Å². The molecule has 18 heavy (non-hydrogen) atoms. The van der Waals surface area contributed by atoms with E-state index in [-0.39, 0.29) is 18.3 Å². The molecule has 1 fully saturated rings. The lowest BCUT2D eigenvalue weighted by Gasteiger charge is -2.23. The largest absolute Gasteiger partial charge is 0.348 e. The summed E-state index contributed by atoms with van der Waals surface area (Å²) in [4.78, 5) is 12.8. The van der Waals surface area contributed by atoms with E-state index in [1.807, 2.05) is 0 Å². The van der Waals surface area contributed by atoms with Crippen LogP contribution in [-0.4, -0.2) is 34.6 Å². The van der Waals surface area contributed by atoms with Gasteiger partial charge in [-0.3, -0.25) is 4.79 Å². The molecule has 0 spiro atoms. The Morgan fingerprint density at radius 2 is 2.22 bits per heavy atom. The smallest absolute Gasteiger partial charge is 0.265 e. The number of carbonyl (C=O) groups is 1. The summed E-state index contributed by atoms with van der Waals surface area (Å²) in [5.74, 6) is -0.00431. The molecular formula is C11H19ClN4OS. The van der Waals surface area contributed by atoms with Crippen LogP contribution >= 0.6 is 23.9 Å². The highest BCUT2D eigenvalue weighted by atomic mass is 35.5. The van der Waals surface area contributed by atoms with E-state index in [2.05, 4.69) is 27.1 Å². The molecular weight excluding hydrogens is 272 g/mol. The first kappa shape index (κ1) is 15.3. The second-order valence-electron chi connectivity index (χ2n) is 4.30. The summed E-state index contributed by atoms with van der Waals surface area (Å²) < 4.78 is 3.87. The van der Waals surface area contributed by atoms with Crippen molar-refractivity contribution in [2.45, 2.75) is 38.6 Å². The Morgan fingerprint density at radius 1 is 1.50 bits per heavy atom. The van der Waals surface area contributed by atoms with Gasteiger partial charge in [0.15, 0.2) is 0 Å². The minimum atomic E-state index is -0.00431. The molecule has 102 valence electrons. The van der Waals surface area contributed by atoms with E-state index in [0.29, 0.717) is 10.9 Å². The van der Waals surface area contributed by atoms with Crippen LogP contribution in [0.4, 0.5) is 0 Å².